The molecular formula is C18H18N6O10. The minimum absolute atomic E-state index is 0.0338. The standard InChI is InChI=1S/C18H18N6O10/c25-18(26)13(20-12-7-4-9-15(22(29)30)17(12)24(33)34)5-1-2-10-19-11-6-3-8-14(21(27)28)16(11)23(31)32/h3-4,6-9,13,19-20H,1-2,5,10H2,(H,25,26)/t13-/m0/s1. The summed E-state index contributed by atoms with van der Waals surface area (Å²) in [5.41, 5.74) is -3.42. The van der Waals surface area contributed by atoms with Gasteiger partial charge in [0.2, 0.25) is 0 Å². The summed E-state index contributed by atoms with van der Waals surface area (Å²) in [4.78, 5) is 52.5. The van der Waals surface area contributed by atoms with E-state index in [1.165, 1.54) is 18.2 Å². The van der Waals surface area contributed by atoms with E-state index in [2.05, 4.69) is 10.6 Å². The van der Waals surface area contributed by atoms with Gasteiger partial charge in [0.15, 0.2) is 0 Å². The van der Waals surface area contributed by atoms with E-state index in [0.29, 0.717) is 6.42 Å². The number of unbranched alkanes of at least 4 members (excludes halogenated alkanes) is 1. The van der Waals surface area contributed by atoms with Gasteiger partial charge < -0.3 is 15.7 Å². The number of carboxylic acid groups (broad SMARTS) is 1. The summed E-state index contributed by atoms with van der Waals surface area (Å²) >= 11 is 0. The molecule has 0 saturated heterocycles. The Balaban J connectivity index is 2.04. The molecule has 34 heavy (non-hydrogen) atoms. The molecule has 0 radical (unpaired) electrons. The van der Waals surface area contributed by atoms with Gasteiger partial charge in [0.25, 0.3) is 0 Å². The number of para-hydroxylation sites is 2. The van der Waals surface area contributed by atoms with Crippen molar-refractivity contribution in [1.29, 1.82) is 0 Å². The van der Waals surface area contributed by atoms with Crippen molar-refractivity contribution in [1.82, 2.24) is 0 Å². The number of carbonyl (C=O) groups is 1. The van der Waals surface area contributed by atoms with Crippen LogP contribution in [0.2, 0.25) is 0 Å². The Morgan fingerprint density at radius 1 is 0.794 bits per heavy atom. The zero-order valence-corrected chi connectivity index (χ0v) is 17.3. The van der Waals surface area contributed by atoms with Crippen molar-refractivity contribution >= 4 is 40.1 Å². The van der Waals surface area contributed by atoms with Crippen LogP contribution in [0.5, 0.6) is 0 Å². The normalized spacial score (nSPS) is 11.3. The van der Waals surface area contributed by atoms with Crippen LogP contribution in [0.4, 0.5) is 34.1 Å². The molecule has 16 heteroatoms. The van der Waals surface area contributed by atoms with Crippen LogP contribution in [-0.4, -0.2) is 43.4 Å². The number of aliphatic carboxylic acids is 1. The number of benzene rings is 2. The summed E-state index contributed by atoms with van der Waals surface area (Å²) < 4.78 is 0. The quantitative estimate of drug-likeness (QED) is 0.213. The van der Waals surface area contributed by atoms with Gasteiger partial charge in [0.05, 0.1) is 19.7 Å². The third kappa shape index (κ3) is 6.09. The maximum atomic E-state index is 11.6. The number of carboxylic acids is 1. The molecule has 2 aromatic rings. The van der Waals surface area contributed by atoms with Gasteiger partial charge in [-0.15, -0.1) is 0 Å². The summed E-state index contributed by atoms with van der Waals surface area (Å²) in [6.07, 6.45) is 0.499. The molecule has 0 aliphatic carbocycles. The molecule has 0 unspecified atom stereocenters. The van der Waals surface area contributed by atoms with Crippen LogP contribution in [0.15, 0.2) is 36.4 Å². The molecule has 0 fully saturated rings. The number of hydrogen-bond donors (Lipinski definition) is 3. The molecule has 180 valence electrons. The van der Waals surface area contributed by atoms with E-state index in [0.717, 1.165) is 18.2 Å². The molecule has 0 saturated carbocycles. The minimum atomic E-state index is -1.34. The highest BCUT2D eigenvalue weighted by Gasteiger charge is 2.31. The number of hydrogen-bond acceptors (Lipinski definition) is 11. The Labute approximate surface area is 189 Å². The van der Waals surface area contributed by atoms with Gasteiger partial charge >= 0.3 is 28.7 Å². The highest BCUT2D eigenvalue weighted by molar-refractivity contribution is 5.81. The Morgan fingerprint density at radius 3 is 1.76 bits per heavy atom. The average Bonchev–Trinajstić information content (AvgIpc) is 2.76. The molecule has 0 aromatic heterocycles. The van der Waals surface area contributed by atoms with E-state index >= 15 is 0 Å². The van der Waals surface area contributed by atoms with Crippen LogP contribution in [0.3, 0.4) is 0 Å². The molecule has 0 aliphatic heterocycles. The van der Waals surface area contributed by atoms with Gasteiger partial charge in [-0.05, 0) is 31.4 Å². The SMILES string of the molecule is O=C(O)[C@H](CCCCNc1cccc([N+](=O)[O-])c1[N+](=O)[O-])Nc1cccc([N+](=O)[O-])c1[N+](=O)[O-]. The number of nitro groups is 4. The first kappa shape index (κ1) is 25.4. The highest BCUT2D eigenvalue weighted by atomic mass is 16.6. The summed E-state index contributed by atoms with van der Waals surface area (Å²) in [6.45, 7) is 0.116. The Bertz CT molecular complexity index is 1140. The zero-order chi connectivity index (χ0) is 25.4. The van der Waals surface area contributed by atoms with Crippen molar-refractivity contribution in [2.24, 2.45) is 0 Å². The fourth-order valence-corrected chi connectivity index (χ4v) is 3.14. The second kappa shape index (κ2) is 11.1. The van der Waals surface area contributed by atoms with Crippen molar-refractivity contribution in [3.05, 3.63) is 76.9 Å². The molecule has 2 rings (SSSR count). The van der Waals surface area contributed by atoms with Gasteiger partial charge in [-0.3, -0.25) is 40.5 Å². The second-order valence-electron chi connectivity index (χ2n) is 6.83. The molecule has 2 aromatic carbocycles. The van der Waals surface area contributed by atoms with Crippen LogP contribution in [0.25, 0.3) is 0 Å². The van der Waals surface area contributed by atoms with E-state index in [4.69, 9.17) is 0 Å². The van der Waals surface area contributed by atoms with Crippen LogP contribution in [0.1, 0.15) is 19.3 Å². The Hall–Kier alpha value is -4.89. The molecule has 0 aliphatic rings. The average molecular weight is 478 g/mol. The topological polar surface area (TPSA) is 234 Å². The van der Waals surface area contributed by atoms with Crippen LogP contribution in [0, 0.1) is 40.5 Å². The molecule has 0 bridgehead atoms. The molecule has 16 nitrogen and oxygen atoms in total. The van der Waals surface area contributed by atoms with Gasteiger partial charge in [-0.25, -0.2) is 4.79 Å². The van der Waals surface area contributed by atoms with Crippen LogP contribution >= 0.6 is 0 Å². The van der Waals surface area contributed by atoms with Crippen molar-refractivity contribution in [2.75, 3.05) is 17.2 Å². The fourth-order valence-electron chi connectivity index (χ4n) is 3.14. The van der Waals surface area contributed by atoms with Crippen molar-refractivity contribution in [3.8, 4) is 0 Å². The predicted octanol–water partition coefficient (Wildman–Crippen LogP) is 3.47. The van der Waals surface area contributed by atoms with Crippen molar-refractivity contribution in [2.45, 2.75) is 25.3 Å². The molecule has 3 N–H and O–H groups in total. The van der Waals surface area contributed by atoms with E-state index in [1.54, 1.807) is 0 Å². The smallest absolute Gasteiger partial charge is 0.368 e. The number of nitrogens with zero attached hydrogens (tertiary/aromatic N) is 4. The number of nitro benzene ring substituents is 4. The lowest BCUT2D eigenvalue weighted by atomic mass is 10.1. The van der Waals surface area contributed by atoms with E-state index in [1.807, 2.05) is 0 Å². The zero-order valence-electron chi connectivity index (χ0n) is 17.3. The fraction of sp³-hybridized carbons (Fsp3) is 0.278. The second-order valence-corrected chi connectivity index (χ2v) is 6.83. The lowest BCUT2D eigenvalue weighted by Crippen LogP contribution is -2.29. The lowest BCUT2D eigenvalue weighted by molar-refractivity contribution is -0.421. The van der Waals surface area contributed by atoms with Crippen molar-refractivity contribution in [3.63, 3.8) is 0 Å². The van der Waals surface area contributed by atoms with E-state index < -0.39 is 54.5 Å². The lowest BCUT2D eigenvalue weighted by Gasteiger charge is -2.16. The number of nitrogens with one attached hydrogen (secondary N) is 2. The van der Waals surface area contributed by atoms with Crippen LogP contribution in [-0.2, 0) is 4.79 Å². The maximum Gasteiger partial charge on any atom is 0.368 e. The summed E-state index contributed by atoms with van der Waals surface area (Å²) in [6, 6.07) is 5.54. The maximum absolute atomic E-state index is 11.6. The summed E-state index contributed by atoms with van der Waals surface area (Å²) in [7, 11) is 0. The minimum Gasteiger partial charge on any atom is -0.480 e. The molecule has 0 heterocycles. The van der Waals surface area contributed by atoms with E-state index in [9.17, 15) is 50.4 Å². The summed E-state index contributed by atoms with van der Waals surface area (Å²) in [5, 5.41) is 59.1. The molecule has 0 amide bonds. The monoisotopic (exact) mass is 478 g/mol. The Morgan fingerprint density at radius 2 is 1.29 bits per heavy atom. The third-order valence-electron chi connectivity index (χ3n) is 4.65. The molecule has 0 spiro atoms. The Kier molecular flexibility index (Phi) is 8.30. The first-order valence-electron chi connectivity index (χ1n) is 9.61. The first-order chi connectivity index (χ1) is 16.0. The van der Waals surface area contributed by atoms with Gasteiger partial charge in [-0.1, -0.05) is 12.1 Å². The van der Waals surface area contributed by atoms with Crippen LogP contribution < -0.4 is 10.6 Å². The highest BCUT2D eigenvalue weighted by Crippen LogP contribution is 2.35. The molecular weight excluding hydrogens is 460 g/mol. The van der Waals surface area contributed by atoms with Gasteiger partial charge in [0.1, 0.15) is 17.4 Å². The number of anilines is 2. The largest absolute Gasteiger partial charge is 0.480 e. The first-order valence-corrected chi connectivity index (χ1v) is 9.61. The van der Waals surface area contributed by atoms with E-state index in [-0.39, 0.29) is 30.8 Å². The number of rotatable bonds is 13. The predicted molar refractivity (Wildman–Crippen MR) is 117 cm³/mol. The molecule has 1 atom stereocenters. The van der Waals surface area contributed by atoms with Gasteiger partial charge in [0, 0.05) is 18.7 Å². The third-order valence-corrected chi connectivity index (χ3v) is 4.65. The van der Waals surface area contributed by atoms with Crippen molar-refractivity contribution < 1.29 is 29.6 Å². The summed E-state index contributed by atoms with van der Waals surface area (Å²) in [5.74, 6) is -1.34. The van der Waals surface area contributed by atoms with Gasteiger partial charge in [-0.2, -0.15) is 0 Å².